The number of methoxy groups -OCH3 is 1. The van der Waals surface area contributed by atoms with Gasteiger partial charge in [0.25, 0.3) is 5.91 Å². The SMILES string of the molecule is COC(=O)C=Cc1cnc(NCCNC(=O)c2ccc(Cl)cc2)cn1. The van der Waals surface area contributed by atoms with E-state index in [9.17, 15) is 9.59 Å². The smallest absolute Gasteiger partial charge is 0.330 e. The fourth-order valence-corrected chi connectivity index (χ4v) is 1.93. The van der Waals surface area contributed by atoms with E-state index in [0.29, 0.717) is 35.2 Å². The first kappa shape index (κ1) is 18.4. The van der Waals surface area contributed by atoms with Crippen LogP contribution in [0.3, 0.4) is 0 Å². The Bertz CT molecular complexity index is 745. The third-order valence-electron chi connectivity index (χ3n) is 3.09. The number of anilines is 1. The topological polar surface area (TPSA) is 93.2 Å². The molecular formula is C17H17ClN4O3. The Labute approximate surface area is 150 Å². The zero-order valence-corrected chi connectivity index (χ0v) is 14.3. The molecule has 0 aliphatic carbocycles. The van der Waals surface area contributed by atoms with Gasteiger partial charge in [-0.3, -0.25) is 9.78 Å². The predicted octanol–water partition coefficient (Wildman–Crippen LogP) is 2.16. The molecule has 0 aliphatic rings. The van der Waals surface area contributed by atoms with Crippen molar-refractivity contribution in [1.82, 2.24) is 15.3 Å². The molecule has 0 aliphatic heterocycles. The number of rotatable bonds is 7. The van der Waals surface area contributed by atoms with Crippen LogP contribution < -0.4 is 10.6 Å². The minimum absolute atomic E-state index is 0.173. The van der Waals surface area contributed by atoms with Gasteiger partial charge in [0.05, 0.1) is 25.2 Å². The highest BCUT2D eigenvalue weighted by molar-refractivity contribution is 6.30. The van der Waals surface area contributed by atoms with Crippen LogP contribution in [0, 0.1) is 0 Å². The fourth-order valence-electron chi connectivity index (χ4n) is 1.81. The van der Waals surface area contributed by atoms with Gasteiger partial charge in [-0.05, 0) is 30.3 Å². The summed E-state index contributed by atoms with van der Waals surface area (Å²) in [6.07, 6.45) is 5.84. The molecule has 0 spiro atoms. The van der Waals surface area contributed by atoms with Crippen LogP contribution in [0.15, 0.2) is 42.7 Å². The van der Waals surface area contributed by atoms with Crippen LogP contribution in [0.2, 0.25) is 5.02 Å². The number of halogens is 1. The van der Waals surface area contributed by atoms with Crippen molar-refractivity contribution in [2.75, 3.05) is 25.5 Å². The maximum Gasteiger partial charge on any atom is 0.330 e. The van der Waals surface area contributed by atoms with Crippen molar-refractivity contribution < 1.29 is 14.3 Å². The molecule has 2 N–H and O–H groups in total. The van der Waals surface area contributed by atoms with Gasteiger partial charge in [0, 0.05) is 29.8 Å². The van der Waals surface area contributed by atoms with Crippen LogP contribution in [0.1, 0.15) is 16.1 Å². The molecule has 1 heterocycles. The van der Waals surface area contributed by atoms with Crippen LogP contribution >= 0.6 is 11.6 Å². The summed E-state index contributed by atoms with van der Waals surface area (Å²) in [4.78, 5) is 31.2. The van der Waals surface area contributed by atoms with Crippen molar-refractivity contribution in [2.24, 2.45) is 0 Å². The molecule has 2 aromatic rings. The lowest BCUT2D eigenvalue weighted by atomic mass is 10.2. The molecule has 130 valence electrons. The van der Waals surface area contributed by atoms with E-state index < -0.39 is 5.97 Å². The van der Waals surface area contributed by atoms with Gasteiger partial charge in [0.2, 0.25) is 0 Å². The number of carbonyl (C=O) groups is 2. The molecule has 7 nitrogen and oxygen atoms in total. The van der Waals surface area contributed by atoms with Gasteiger partial charge >= 0.3 is 5.97 Å². The van der Waals surface area contributed by atoms with Crippen LogP contribution in [0.25, 0.3) is 6.08 Å². The van der Waals surface area contributed by atoms with Gasteiger partial charge in [-0.15, -0.1) is 0 Å². The van der Waals surface area contributed by atoms with Crippen molar-refractivity contribution in [3.05, 3.63) is 59.0 Å². The second-order valence-electron chi connectivity index (χ2n) is 4.87. The molecule has 0 unspecified atom stereocenters. The first-order valence-corrected chi connectivity index (χ1v) is 7.82. The molecule has 0 radical (unpaired) electrons. The summed E-state index contributed by atoms with van der Waals surface area (Å²) in [7, 11) is 1.30. The van der Waals surface area contributed by atoms with Crippen molar-refractivity contribution in [1.29, 1.82) is 0 Å². The molecule has 2 rings (SSSR count). The van der Waals surface area contributed by atoms with Gasteiger partial charge in [-0.2, -0.15) is 0 Å². The number of nitrogens with zero attached hydrogens (tertiary/aromatic N) is 2. The van der Waals surface area contributed by atoms with E-state index in [-0.39, 0.29) is 5.91 Å². The van der Waals surface area contributed by atoms with Gasteiger partial charge in [0.1, 0.15) is 5.82 Å². The van der Waals surface area contributed by atoms with Crippen molar-refractivity contribution in [3.63, 3.8) is 0 Å². The fraction of sp³-hybridized carbons (Fsp3) is 0.176. The highest BCUT2D eigenvalue weighted by atomic mass is 35.5. The maximum atomic E-state index is 11.9. The zero-order valence-electron chi connectivity index (χ0n) is 13.5. The molecule has 1 amide bonds. The standard InChI is InChI=1S/C17H17ClN4O3/c1-25-16(23)7-6-14-10-22-15(11-21-14)19-8-9-20-17(24)12-2-4-13(18)5-3-12/h2-7,10-11H,8-9H2,1H3,(H,19,22)(H,20,24). The third-order valence-corrected chi connectivity index (χ3v) is 3.34. The van der Waals surface area contributed by atoms with Crippen LogP contribution in [0.5, 0.6) is 0 Å². The van der Waals surface area contributed by atoms with Gasteiger partial charge in [-0.25, -0.2) is 9.78 Å². The Balaban J connectivity index is 1.74. The number of hydrogen-bond donors (Lipinski definition) is 2. The number of carbonyl (C=O) groups excluding carboxylic acids is 2. The van der Waals surface area contributed by atoms with Gasteiger partial charge in [0.15, 0.2) is 0 Å². The number of esters is 1. The van der Waals surface area contributed by atoms with E-state index in [2.05, 4.69) is 25.3 Å². The minimum atomic E-state index is -0.458. The summed E-state index contributed by atoms with van der Waals surface area (Å²) in [6.45, 7) is 0.915. The molecule has 0 saturated heterocycles. The first-order valence-electron chi connectivity index (χ1n) is 7.44. The third kappa shape index (κ3) is 6.23. The van der Waals surface area contributed by atoms with Crippen molar-refractivity contribution in [3.8, 4) is 0 Å². The van der Waals surface area contributed by atoms with E-state index in [0.717, 1.165) is 0 Å². The number of nitrogens with one attached hydrogen (secondary N) is 2. The Kier molecular flexibility index (Phi) is 6.91. The highest BCUT2D eigenvalue weighted by Gasteiger charge is 2.04. The summed E-state index contributed by atoms with van der Waals surface area (Å²) in [5, 5.41) is 6.41. The molecule has 0 bridgehead atoms. The molecule has 1 aromatic carbocycles. The monoisotopic (exact) mass is 360 g/mol. The number of hydrogen-bond acceptors (Lipinski definition) is 6. The molecule has 8 heteroatoms. The second-order valence-corrected chi connectivity index (χ2v) is 5.31. The highest BCUT2D eigenvalue weighted by Crippen LogP contribution is 2.09. The largest absolute Gasteiger partial charge is 0.466 e. The molecule has 0 fully saturated rings. The maximum absolute atomic E-state index is 11.9. The lowest BCUT2D eigenvalue weighted by Crippen LogP contribution is -2.28. The average Bonchev–Trinajstić information content (AvgIpc) is 2.64. The second kappa shape index (κ2) is 9.39. The lowest BCUT2D eigenvalue weighted by Gasteiger charge is -2.07. The van der Waals surface area contributed by atoms with Crippen LogP contribution in [-0.4, -0.2) is 42.0 Å². The summed E-state index contributed by atoms with van der Waals surface area (Å²) in [5.41, 5.74) is 1.08. The number of ether oxygens (including phenoxy) is 1. The van der Waals surface area contributed by atoms with E-state index >= 15 is 0 Å². The molecule has 1 aromatic heterocycles. The molecule has 0 atom stereocenters. The average molecular weight is 361 g/mol. The van der Waals surface area contributed by atoms with E-state index in [1.54, 1.807) is 24.3 Å². The summed E-state index contributed by atoms with van der Waals surface area (Å²) < 4.78 is 4.49. The number of aromatic nitrogens is 2. The van der Waals surface area contributed by atoms with Crippen LogP contribution in [0.4, 0.5) is 5.82 Å². The zero-order chi connectivity index (χ0) is 18.1. The molecule has 25 heavy (non-hydrogen) atoms. The Morgan fingerprint density at radius 3 is 2.56 bits per heavy atom. The summed E-state index contributed by atoms with van der Waals surface area (Å²) >= 11 is 5.78. The Hall–Kier alpha value is -2.93. The summed E-state index contributed by atoms with van der Waals surface area (Å²) in [5.74, 6) is -0.0655. The first-order chi connectivity index (χ1) is 12.1. The van der Waals surface area contributed by atoms with E-state index in [1.807, 2.05) is 0 Å². The van der Waals surface area contributed by atoms with E-state index in [4.69, 9.17) is 11.6 Å². The van der Waals surface area contributed by atoms with E-state index in [1.165, 1.54) is 31.7 Å². The normalized spacial score (nSPS) is 10.5. The van der Waals surface area contributed by atoms with Crippen LogP contribution in [-0.2, 0) is 9.53 Å². The Morgan fingerprint density at radius 2 is 1.92 bits per heavy atom. The lowest BCUT2D eigenvalue weighted by molar-refractivity contribution is -0.134. The van der Waals surface area contributed by atoms with Crippen molar-refractivity contribution in [2.45, 2.75) is 0 Å². The number of amides is 1. The van der Waals surface area contributed by atoms with Crippen molar-refractivity contribution >= 4 is 35.4 Å². The van der Waals surface area contributed by atoms with Gasteiger partial charge in [-0.1, -0.05) is 11.6 Å². The quantitative estimate of drug-likeness (QED) is 0.446. The minimum Gasteiger partial charge on any atom is -0.466 e. The molecular weight excluding hydrogens is 344 g/mol. The Morgan fingerprint density at radius 1 is 1.16 bits per heavy atom. The predicted molar refractivity (Wildman–Crippen MR) is 95.4 cm³/mol. The van der Waals surface area contributed by atoms with Gasteiger partial charge < -0.3 is 15.4 Å². The molecule has 0 saturated carbocycles. The number of benzene rings is 1. The summed E-state index contributed by atoms with van der Waals surface area (Å²) in [6, 6.07) is 6.66.